The second-order valence-electron chi connectivity index (χ2n) is 3.49. The number of methoxy groups -OCH3 is 1. The van der Waals surface area contributed by atoms with Gasteiger partial charge in [0.2, 0.25) is 0 Å². The Morgan fingerprint density at radius 3 is 2.25 bits per heavy atom. The van der Waals surface area contributed by atoms with Crippen molar-refractivity contribution in [1.82, 2.24) is 0 Å². The van der Waals surface area contributed by atoms with E-state index in [-0.39, 0.29) is 0 Å². The molecule has 1 rings (SSSR count). The van der Waals surface area contributed by atoms with Crippen LogP contribution < -0.4 is 9.47 Å². The van der Waals surface area contributed by atoms with Crippen LogP contribution in [0.4, 0.5) is 0 Å². The van der Waals surface area contributed by atoms with E-state index in [2.05, 4.69) is 6.92 Å². The summed E-state index contributed by atoms with van der Waals surface area (Å²) in [7, 11) is 1.65. The van der Waals surface area contributed by atoms with E-state index in [0.717, 1.165) is 37.6 Å². The number of benzene rings is 1. The highest BCUT2D eigenvalue weighted by Crippen LogP contribution is 2.16. The van der Waals surface area contributed by atoms with Crippen molar-refractivity contribution in [3.63, 3.8) is 0 Å². The summed E-state index contributed by atoms with van der Waals surface area (Å²) in [5.41, 5.74) is 0. The van der Waals surface area contributed by atoms with E-state index in [4.69, 9.17) is 14.2 Å². The van der Waals surface area contributed by atoms with Crippen molar-refractivity contribution in [3.05, 3.63) is 24.3 Å². The molecule has 0 aliphatic rings. The first kappa shape index (κ1) is 12.8. The van der Waals surface area contributed by atoms with Crippen LogP contribution in [0.25, 0.3) is 0 Å². The van der Waals surface area contributed by atoms with Gasteiger partial charge in [-0.2, -0.15) is 0 Å². The summed E-state index contributed by atoms with van der Waals surface area (Å²) in [6, 6.07) is 7.60. The summed E-state index contributed by atoms with van der Waals surface area (Å²) in [6.45, 7) is 4.40. The van der Waals surface area contributed by atoms with E-state index in [0.29, 0.717) is 6.61 Å². The van der Waals surface area contributed by atoms with Crippen molar-refractivity contribution >= 4 is 0 Å². The molecule has 0 saturated heterocycles. The first-order valence-electron chi connectivity index (χ1n) is 5.71. The van der Waals surface area contributed by atoms with Crippen LogP contribution in [0.2, 0.25) is 0 Å². The van der Waals surface area contributed by atoms with Gasteiger partial charge in [-0.15, -0.1) is 0 Å². The Kier molecular flexibility index (Phi) is 6.42. The number of rotatable bonds is 8. The highest BCUT2D eigenvalue weighted by atomic mass is 16.5. The van der Waals surface area contributed by atoms with Crippen LogP contribution in [0.15, 0.2) is 24.3 Å². The highest BCUT2D eigenvalue weighted by molar-refractivity contribution is 5.30. The first-order valence-corrected chi connectivity index (χ1v) is 5.71. The van der Waals surface area contributed by atoms with Gasteiger partial charge in [0.15, 0.2) is 0 Å². The Hall–Kier alpha value is -1.22. The van der Waals surface area contributed by atoms with Gasteiger partial charge < -0.3 is 14.2 Å². The lowest BCUT2D eigenvalue weighted by Gasteiger charge is -2.07. The highest BCUT2D eigenvalue weighted by Gasteiger charge is 1.95. The van der Waals surface area contributed by atoms with Crippen LogP contribution in [0.3, 0.4) is 0 Å². The molecule has 3 heteroatoms. The third kappa shape index (κ3) is 5.03. The molecule has 0 bridgehead atoms. The van der Waals surface area contributed by atoms with Gasteiger partial charge in [-0.1, -0.05) is 6.92 Å². The van der Waals surface area contributed by atoms with Gasteiger partial charge >= 0.3 is 0 Å². The maximum atomic E-state index is 5.55. The predicted octanol–water partition coefficient (Wildman–Crippen LogP) is 2.89. The molecule has 0 aliphatic carbocycles. The van der Waals surface area contributed by atoms with Gasteiger partial charge in [-0.3, -0.25) is 0 Å². The zero-order valence-corrected chi connectivity index (χ0v) is 10.1. The minimum absolute atomic E-state index is 0.691. The van der Waals surface area contributed by atoms with Crippen molar-refractivity contribution < 1.29 is 14.2 Å². The SMILES string of the molecule is CCCOCCCOc1ccc(OC)cc1. The normalized spacial score (nSPS) is 10.1. The molecule has 90 valence electrons. The van der Waals surface area contributed by atoms with E-state index in [1.54, 1.807) is 7.11 Å². The van der Waals surface area contributed by atoms with E-state index in [9.17, 15) is 0 Å². The molecule has 1 aromatic rings. The van der Waals surface area contributed by atoms with Gasteiger partial charge in [-0.05, 0) is 30.7 Å². The summed E-state index contributed by atoms with van der Waals surface area (Å²) in [5, 5.41) is 0. The summed E-state index contributed by atoms with van der Waals surface area (Å²) in [5.74, 6) is 1.72. The third-order valence-corrected chi connectivity index (χ3v) is 2.11. The minimum atomic E-state index is 0.691. The number of hydrogen-bond acceptors (Lipinski definition) is 3. The van der Waals surface area contributed by atoms with E-state index in [1.165, 1.54) is 0 Å². The molecule has 16 heavy (non-hydrogen) atoms. The second kappa shape index (κ2) is 7.99. The van der Waals surface area contributed by atoms with E-state index < -0.39 is 0 Å². The molecule has 0 aliphatic heterocycles. The lowest BCUT2D eigenvalue weighted by atomic mass is 10.3. The lowest BCUT2D eigenvalue weighted by molar-refractivity contribution is 0.120. The van der Waals surface area contributed by atoms with Crippen molar-refractivity contribution in [2.24, 2.45) is 0 Å². The second-order valence-corrected chi connectivity index (χ2v) is 3.49. The van der Waals surface area contributed by atoms with Crippen molar-refractivity contribution in [2.45, 2.75) is 19.8 Å². The fourth-order valence-corrected chi connectivity index (χ4v) is 1.27. The summed E-state index contributed by atoms with van der Waals surface area (Å²) in [4.78, 5) is 0. The largest absolute Gasteiger partial charge is 0.497 e. The average molecular weight is 224 g/mol. The molecule has 0 heterocycles. The molecule has 0 fully saturated rings. The summed E-state index contributed by atoms with van der Waals surface area (Å²) in [6.07, 6.45) is 1.99. The van der Waals surface area contributed by atoms with Gasteiger partial charge in [-0.25, -0.2) is 0 Å². The molecule has 0 atom stereocenters. The van der Waals surface area contributed by atoms with Crippen LogP contribution >= 0.6 is 0 Å². The smallest absolute Gasteiger partial charge is 0.119 e. The maximum Gasteiger partial charge on any atom is 0.119 e. The lowest BCUT2D eigenvalue weighted by Crippen LogP contribution is -2.03. The molecule has 0 saturated carbocycles. The van der Waals surface area contributed by atoms with Crippen LogP contribution in [-0.4, -0.2) is 26.9 Å². The Morgan fingerprint density at radius 1 is 0.938 bits per heavy atom. The third-order valence-electron chi connectivity index (χ3n) is 2.11. The average Bonchev–Trinajstić information content (AvgIpc) is 2.34. The summed E-state index contributed by atoms with van der Waals surface area (Å²) < 4.78 is 16.0. The summed E-state index contributed by atoms with van der Waals surface area (Å²) >= 11 is 0. The van der Waals surface area contributed by atoms with Gasteiger partial charge in [0, 0.05) is 19.6 Å². The Balaban J connectivity index is 2.12. The molecule has 0 radical (unpaired) electrons. The van der Waals surface area contributed by atoms with Gasteiger partial charge in [0.05, 0.1) is 13.7 Å². The van der Waals surface area contributed by atoms with Crippen LogP contribution in [0.1, 0.15) is 19.8 Å². The van der Waals surface area contributed by atoms with Crippen LogP contribution in [0.5, 0.6) is 11.5 Å². The maximum absolute atomic E-state index is 5.55. The molecule has 0 aromatic heterocycles. The Labute approximate surface area is 97.3 Å². The molecule has 0 amide bonds. The molecule has 0 spiro atoms. The monoisotopic (exact) mass is 224 g/mol. The molecule has 0 N–H and O–H groups in total. The quantitative estimate of drug-likeness (QED) is 0.635. The van der Waals surface area contributed by atoms with Gasteiger partial charge in [0.25, 0.3) is 0 Å². The molecule has 3 nitrogen and oxygen atoms in total. The number of ether oxygens (including phenoxy) is 3. The number of hydrogen-bond donors (Lipinski definition) is 0. The molecular weight excluding hydrogens is 204 g/mol. The molecule has 0 unspecified atom stereocenters. The van der Waals surface area contributed by atoms with Crippen molar-refractivity contribution in [1.29, 1.82) is 0 Å². The Bertz CT molecular complexity index is 269. The van der Waals surface area contributed by atoms with Crippen LogP contribution in [0, 0.1) is 0 Å². The topological polar surface area (TPSA) is 27.7 Å². The zero-order chi connectivity index (χ0) is 11.6. The Morgan fingerprint density at radius 2 is 1.62 bits per heavy atom. The first-order chi connectivity index (χ1) is 7.86. The fourth-order valence-electron chi connectivity index (χ4n) is 1.27. The predicted molar refractivity (Wildman–Crippen MR) is 64.2 cm³/mol. The van der Waals surface area contributed by atoms with Crippen molar-refractivity contribution in [2.75, 3.05) is 26.9 Å². The molecule has 1 aromatic carbocycles. The fraction of sp³-hybridized carbons (Fsp3) is 0.538. The molecular formula is C13H20O3. The van der Waals surface area contributed by atoms with Crippen molar-refractivity contribution in [3.8, 4) is 11.5 Å². The zero-order valence-electron chi connectivity index (χ0n) is 10.1. The van der Waals surface area contributed by atoms with E-state index in [1.807, 2.05) is 24.3 Å². The standard InChI is InChI=1S/C13H20O3/c1-3-9-15-10-4-11-16-13-7-5-12(14-2)6-8-13/h5-8H,3-4,9-11H2,1-2H3. The van der Waals surface area contributed by atoms with E-state index >= 15 is 0 Å². The minimum Gasteiger partial charge on any atom is -0.497 e. The van der Waals surface area contributed by atoms with Gasteiger partial charge in [0.1, 0.15) is 11.5 Å². The van der Waals surface area contributed by atoms with Crippen LogP contribution in [-0.2, 0) is 4.74 Å².